The fourth-order valence-corrected chi connectivity index (χ4v) is 6.41. The van der Waals surface area contributed by atoms with Crippen molar-refractivity contribution in [3.63, 3.8) is 0 Å². The lowest BCUT2D eigenvalue weighted by atomic mass is 9.98. The fourth-order valence-electron chi connectivity index (χ4n) is 4.77. The molecule has 1 heterocycles. The maximum atomic E-state index is 13.6. The number of hydrogen-bond acceptors (Lipinski definition) is 3. The standard InChI is InChI=1S/C27H30N2O3S/c1-19-15-20(2)26(21(3)16-19)33(31,32)28-25(17-22-9-5-4-6-10-22)27(30)29-14-13-23-11-7-8-12-24(23)18-29/h4-12,15-16,25,28H,13-14,17-18H2,1-3H3. The molecule has 6 heteroatoms. The summed E-state index contributed by atoms with van der Waals surface area (Å²) in [4.78, 5) is 15.7. The molecule has 1 aliphatic rings. The van der Waals surface area contributed by atoms with Crippen molar-refractivity contribution in [3.8, 4) is 0 Å². The third-order valence-corrected chi connectivity index (χ3v) is 7.97. The molecule has 1 N–H and O–H groups in total. The molecule has 3 aromatic carbocycles. The summed E-state index contributed by atoms with van der Waals surface area (Å²) >= 11 is 0. The van der Waals surface area contributed by atoms with Crippen LogP contribution in [0.2, 0.25) is 0 Å². The second-order valence-corrected chi connectivity index (χ2v) is 10.5. The molecular weight excluding hydrogens is 432 g/mol. The predicted molar refractivity (Wildman–Crippen MR) is 130 cm³/mol. The van der Waals surface area contributed by atoms with Gasteiger partial charge in [0, 0.05) is 13.1 Å². The number of hydrogen-bond donors (Lipinski definition) is 1. The summed E-state index contributed by atoms with van der Waals surface area (Å²) < 4.78 is 29.7. The summed E-state index contributed by atoms with van der Waals surface area (Å²) in [5, 5.41) is 0. The van der Waals surface area contributed by atoms with E-state index in [4.69, 9.17) is 0 Å². The average molecular weight is 463 g/mol. The molecule has 0 aliphatic carbocycles. The van der Waals surface area contributed by atoms with E-state index in [1.54, 1.807) is 18.7 Å². The fraction of sp³-hybridized carbons (Fsp3) is 0.296. The van der Waals surface area contributed by atoms with Gasteiger partial charge in [0.1, 0.15) is 6.04 Å². The van der Waals surface area contributed by atoms with E-state index in [0.717, 1.165) is 23.1 Å². The Bertz CT molecular complexity index is 1250. The van der Waals surface area contributed by atoms with Crippen LogP contribution in [0.1, 0.15) is 33.4 Å². The van der Waals surface area contributed by atoms with Crippen LogP contribution in [-0.4, -0.2) is 31.8 Å². The van der Waals surface area contributed by atoms with Crippen LogP contribution in [0.15, 0.2) is 71.6 Å². The Labute approximate surface area is 196 Å². The van der Waals surface area contributed by atoms with Gasteiger partial charge in [0.05, 0.1) is 4.90 Å². The van der Waals surface area contributed by atoms with Crippen molar-refractivity contribution in [2.45, 2.75) is 51.1 Å². The van der Waals surface area contributed by atoms with Crippen molar-refractivity contribution in [1.82, 2.24) is 9.62 Å². The van der Waals surface area contributed by atoms with Crippen LogP contribution in [0.4, 0.5) is 0 Å². The SMILES string of the molecule is Cc1cc(C)c(S(=O)(=O)NC(Cc2ccccc2)C(=O)N2CCc3ccccc3C2)c(C)c1. The predicted octanol–water partition coefficient (Wildman–Crippen LogP) is 4.09. The molecule has 3 aromatic rings. The lowest BCUT2D eigenvalue weighted by molar-refractivity contribution is -0.133. The summed E-state index contributed by atoms with van der Waals surface area (Å²) in [5.41, 5.74) is 5.63. The number of sulfonamides is 1. The van der Waals surface area contributed by atoms with Crippen molar-refractivity contribution < 1.29 is 13.2 Å². The molecule has 1 atom stereocenters. The summed E-state index contributed by atoms with van der Waals surface area (Å²) in [6.45, 7) is 6.60. The summed E-state index contributed by atoms with van der Waals surface area (Å²) in [6.07, 6.45) is 1.06. The lowest BCUT2D eigenvalue weighted by Crippen LogP contribution is -2.51. The number of nitrogens with one attached hydrogen (secondary N) is 1. The molecule has 5 nitrogen and oxygen atoms in total. The number of rotatable bonds is 6. The summed E-state index contributed by atoms with van der Waals surface area (Å²) in [7, 11) is -3.90. The van der Waals surface area contributed by atoms with Gasteiger partial charge in [0.15, 0.2) is 0 Å². The number of fused-ring (bicyclic) bond motifs is 1. The van der Waals surface area contributed by atoms with Crippen LogP contribution in [0.25, 0.3) is 0 Å². The summed E-state index contributed by atoms with van der Waals surface area (Å²) in [5.74, 6) is -0.195. The van der Waals surface area contributed by atoms with Crippen LogP contribution in [0.5, 0.6) is 0 Å². The molecule has 0 bridgehead atoms. The van der Waals surface area contributed by atoms with Crippen molar-refractivity contribution in [3.05, 3.63) is 100 Å². The van der Waals surface area contributed by atoms with E-state index in [1.807, 2.05) is 67.6 Å². The van der Waals surface area contributed by atoms with Gasteiger partial charge in [-0.3, -0.25) is 4.79 Å². The lowest BCUT2D eigenvalue weighted by Gasteiger charge is -2.32. The Balaban J connectivity index is 1.65. The van der Waals surface area contributed by atoms with Crippen LogP contribution in [0, 0.1) is 20.8 Å². The van der Waals surface area contributed by atoms with Gasteiger partial charge in [-0.05, 0) is 61.4 Å². The summed E-state index contributed by atoms with van der Waals surface area (Å²) in [6, 6.07) is 20.5. The first-order valence-electron chi connectivity index (χ1n) is 11.2. The minimum atomic E-state index is -3.90. The average Bonchev–Trinajstić information content (AvgIpc) is 2.77. The monoisotopic (exact) mass is 462 g/mol. The van der Waals surface area contributed by atoms with Crippen LogP contribution in [-0.2, 0) is 34.2 Å². The van der Waals surface area contributed by atoms with E-state index < -0.39 is 16.1 Å². The van der Waals surface area contributed by atoms with Gasteiger partial charge in [0.25, 0.3) is 0 Å². The highest BCUT2D eigenvalue weighted by Gasteiger charge is 2.32. The molecular formula is C27H30N2O3S. The first-order valence-corrected chi connectivity index (χ1v) is 12.7. The third-order valence-electron chi connectivity index (χ3n) is 6.19. The molecule has 0 saturated heterocycles. The zero-order chi connectivity index (χ0) is 23.6. The normalized spacial score (nSPS) is 14.6. The minimum Gasteiger partial charge on any atom is -0.337 e. The van der Waals surface area contributed by atoms with Gasteiger partial charge in [-0.1, -0.05) is 72.3 Å². The second-order valence-electron chi connectivity index (χ2n) is 8.87. The number of carbonyl (C=O) groups is 1. The molecule has 1 unspecified atom stereocenters. The molecule has 4 rings (SSSR count). The van der Waals surface area contributed by atoms with E-state index in [2.05, 4.69) is 10.8 Å². The van der Waals surface area contributed by atoms with Crippen molar-refractivity contribution >= 4 is 15.9 Å². The molecule has 1 aliphatic heterocycles. The maximum Gasteiger partial charge on any atom is 0.241 e. The van der Waals surface area contributed by atoms with Gasteiger partial charge in [-0.15, -0.1) is 0 Å². The number of carbonyl (C=O) groups excluding carboxylic acids is 1. The first-order chi connectivity index (χ1) is 15.7. The van der Waals surface area contributed by atoms with Crippen LogP contribution >= 0.6 is 0 Å². The number of benzene rings is 3. The Hall–Kier alpha value is -2.96. The van der Waals surface area contributed by atoms with Crippen molar-refractivity contribution in [2.75, 3.05) is 6.54 Å². The molecule has 1 amide bonds. The highest BCUT2D eigenvalue weighted by atomic mass is 32.2. The van der Waals surface area contributed by atoms with E-state index in [0.29, 0.717) is 30.6 Å². The van der Waals surface area contributed by atoms with Gasteiger partial charge >= 0.3 is 0 Å². The Morgan fingerprint density at radius 3 is 2.21 bits per heavy atom. The molecule has 0 spiro atoms. The smallest absolute Gasteiger partial charge is 0.241 e. The topological polar surface area (TPSA) is 66.5 Å². The van der Waals surface area contributed by atoms with Gasteiger partial charge in [-0.2, -0.15) is 4.72 Å². The van der Waals surface area contributed by atoms with E-state index in [9.17, 15) is 13.2 Å². The third kappa shape index (κ3) is 5.18. The van der Waals surface area contributed by atoms with E-state index >= 15 is 0 Å². The Kier molecular flexibility index (Phi) is 6.68. The number of amides is 1. The van der Waals surface area contributed by atoms with E-state index in [1.165, 1.54) is 5.56 Å². The largest absolute Gasteiger partial charge is 0.337 e. The second kappa shape index (κ2) is 9.49. The van der Waals surface area contributed by atoms with Gasteiger partial charge < -0.3 is 4.90 Å². The molecule has 0 aromatic heterocycles. The maximum absolute atomic E-state index is 13.6. The van der Waals surface area contributed by atoms with Crippen molar-refractivity contribution in [1.29, 1.82) is 0 Å². The van der Waals surface area contributed by atoms with Crippen LogP contribution < -0.4 is 4.72 Å². The molecule has 0 fully saturated rings. The molecule has 33 heavy (non-hydrogen) atoms. The van der Waals surface area contributed by atoms with Crippen LogP contribution in [0.3, 0.4) is 0 Å². The van der Waals surface area contributed by atoms with Gasteiger partial charge in [-0.25, -0.2) is 8.42 Å². The van der Waals surface area contributed by atoms with Gasteiger partial charge in [0.2, 0.25) is 15.9 Å². The minimum absolute atomic E-state index is 0.195. The molecule has 172 valence electrons. The highest BCUT2D eigenvalue weighted by Crippen LogP contribution is 2.24. The van der Waals surface area contributed by atoms with E-state index in [-0.39, 0.29) is 10.8 Å². The first kappa shape index (κ1) is 23.2. The zero-order valence-corrected chi connectivity index (χ0v) is 20.2. The Morgan fingerprint density at radius 2 is 1.55 bits per heavy atom. The number of aryl methyl sites for hydroxylation is 3. The molecule has 0 saturated carbocycles. The number of nitrogens with zero attached hydrogens (tertiary/aromatic N) is 1. The Morgan fingerprint density at radius 1 is 0.939 bits per heavy atom. The quantitative estimate of drug-likeness (QED) is 0.600. The zero-order valence-electron chi connectivity index (χ0n) is 19.3. The van der Waals surface area contributed by atoms with Crippen molar-refractivity contribution in [2.24, 2.45) is 0 Å². The highest BCUT2D eigenvalue weighted by molar-refractivity contribution is 7.89. The molecule has 0 radical (unpaired) electrons.